The summed E-state index contributed by atoms with van der Waals surface area (Å²) in [6.45, 7) is 2.39. The van der Waals surface area contributed by atoms with E-state index < -0.39 is 6.43 Å². The van der Waals surface area contributed by atoms with Gasteiger partial charge in [-0.05, 0) is 67.8 Å². The van der Waals surface area contributed by atoms with Crippen LogP contribution in [0.15, 0.2) is 24.3 Å². The summed E-state index contributed by atoms with van der Waals surface area (Å²) in [5.74, 6) is 3.40. The first-order valence-corrected chi connectivity index (χ1v) is 9.01. The molecule has 0 N–H and O–H groups in total. The molecule has 0 aromatic heterocycles. The molecule has 0 bridgehead atoms. The van der Waals surface area contributed by atoms with Crippen molar-refractivity contribution < 1.29 is 8.78 Å². The van der Waals surface area contributed by atoms with E-state index >= 15 is 0 Å². The molecule has 0 atom stereocenters. The van der Waals surface area contributed by atoms with E-state index in [-0.39, 0.29) is 5.56 Å². The van der Waals surface area contributed by atoms with Crippen molar-refractivity contribution in [2.75, 3.05) is 0 Å². The fourth-order valence-corrected chi connectivity index (χ4v) is 4.59. The summed E-state index contributed by atoms with van der Waals surface area (Å²) in [7, 11) is 0. The maximum Gasteiger partial charge on any atom is 0.263 e. The fourth-order valence-electron chi connectivity index (χ4n) is 4.59. The summed E-state index contributed by atoms with van der Waals surface area (Å²) in [5.41, 5.74) is 1.41. The van der Waals surface area contributed by atoms with Crippen LogP contribution in [0.5, 0.6) is 0 Å². The van der Waals surface area contributed by atoms with E-state index in [1.54, 1.807) is 12.1 Å². The van der Waals surface area contributed by atoms with Crippen LogP contribution in [-0.2, 0) is 0 Å². The molecule has 1 aromatic carbocycles. The Morgan fingerprint density at radius 1 is 0.773 bits per heavy atom. The van der Waals surface area contributed by atoms with Gasteiger partial charge < -0.3 is 0 Å². The van der Waals surface area contributed by atoms with Crippen molar-refractivity contribution in [3.05, 3.63) is 35.4 Å². The van der Waals surface area contributed by atoms with Gasteiger partial charge in [-0.25, -0.2) is 8.78 Å². The Bertz CT molecular complexity index is 449. The molecule has 2 fully saturated rings. The van der Waals surface area contributed by atoms with Gasteiger partial charge >= 0.3 is 0 Å². The molecule has 1 aromatic rings. The summed E-state index contributed by atoms with van der Waals surface area (Å²) < 4.78 is 25.3. The first kappa shape index (κ1) is 16.0. The van der Waals surface area contributed by atoms with Gasteiger partial charge in [-0.1, -0.05) is 44.0 Å². The second kappa shape index (κ2) is 7.10. The van der Waals surface area contributed by atoms with Crippen molar-refractivity contribution in [3.8, 4) is 0 Å². The lowest BCUT2D eigenvalue weighted by Crippen LogP contribution is -2.24. The Morgan fingerprint density at radius 3 is 1.77 bits per heavy atom. The first-order valence-electron chi connectivity index (χ1n) is 9.01. The highest BCUT2D eigenvalue weighted by molar-refractivity contribution is 5.26. The average molecular weight is 306 g/mol. The summed E-state index contributed by atoms with van der Waals surface area (Å²) in [6.07, 6.45) is 8.49. The third kappa shape index (κ3) is 3.70. The van der Waals surface area contributed by atoms with Crippen molar-refractivity contribution in [2.45, 2.75) is 70.6 Å². The Hall–Kier alpha value is -0.920. The van der Waals surface area contributed by atoms with Crippen molar-refractivity contribution in [2.24, 2.45) is 17.8 Å². The highest BCUT2D eigenvalue weighted by atomic mass is 19.3. The minimum absolute atomic E-state index is 0.147. The summed E-state index contributed by atoms with van der Waals surface area (Å²) in [5, 5.41) is 0. The highest BCUT2D eigenvalue weighted by Gasteiger charge is 2.30. The highest BCUT2D eigenvalue weighted by Crippen LogP contribution is 2.43. The molecule has 0 radical (unpaired) electrons. The Morgan fingerprint density at radius 2 is 1.27 bits per heavy atom. The quantitative estimate of drug-likeness (QED) is 0.581. The maximum atomic E-state index is 12.6. The minimum Gasteiger partial charge on any atom is -0.205 e. The molecule has 0 saturated heterocycles. The number of rotatable bonds is 3. The van der Waals surface area contributed by atoms with Crippen molar-refractivity contribution in [1.29, 1.82) is 0 Å². The van der Waals surface area contributed by atoms with Gasteiger partial charge in [0.05, 0.1) is 0 Å². The van der Waals surface area contributed by atoms with Crippen LogP contribution in [0.1, 0.15) is 81.8 Å². The number of halogens is 2. The minimum atomic E-state index is -2.35. The van der Waals surface area contributed by atoms with Crippen LogP contribution in [0, 0.1) is 17.8 Å². The lowest BCUT2D eigenvalue weighted by Gasteiger charge is -2.37. The average Bonchev–Trinajstić information content (AvgIpc) is 2.56. The van der Waals surface area contributed by atoms with Crippen LogP contribution < -0.4 is 0 Å². The van der Waals surface area contributed by atoms with Crippen molar-refractivity contribution >= 4 is 0 Å². The van der Waals surface area contributed by atoms with Gasteiger partial charge in [-0.2, -0.15) is 0 Å². The second-order valence-corrected chi connectivity index (χ2v) is 7.60. The smallest absolute Gasteiger partial charge is 0.205 e. The lowest BCUT2D eigenvalue weighted by atomic mass is 9.68. The van der Waals surface area contributed by atoms with Gasteiger partial charge in [0.1, 0.15) is 0 Å². The van der Waals surface area contributed by atoms with Crippen LogP contribution in [0.4, 0.5) is 8.78 Å². The normalized spacial score (nSPS) is 33.1. The molecule has 0 unspecified atom stereocenters. The number of benzene rings is 1. The third-order valence-electron chi connectivity index (χ3n) is 6.16. The molecule has 0 nitrogen and oxygen atoms in total. The lowest BCUT2D eigenvalue weighted by molar-refractivity contribution is 0.151. The van der Waals surface area contributed by atoms with Gasteiger partial charge in [0.2, 0.25) is 0 Å². The SMILES string of the molecule is CC1CCC(C2CCC(c3ccc(C(F)F)cc3)CC2)CC1. The molecule has 0 heterocycles. The summed E-state index contributed by atoms with van der Waals surface area (Å²) in [6, 6.07) is 7.06. The van der Waals surface area contributed by atoms with Gasteiger partial charge in [0, 0.05) is 5.56 Å². The molecule has 2 aliphatic carbocycles. The van der Waals surface area contributed by atoms with Gasteiger partial charge in [0.15, 0.2) is 0 Å². The second-order valence-electron chi connectivity index (χ2n) is 7.60. The standard InChI is InChI=1S/C20H28F2/c1-14-2-4-15(5-3-14)16-6-8-17(9-7-16)18-10-12-19(13-11-18)20(21)22/h10-17,20H,2-9H2,1H3. The Labute approximate surface area is 133 Å². The third-order valence-corrected chi connectivity index (χ3v) is 6.16. The van der Waals surface area contributed by atoms with E-state index in [0.717, 1.165) is 17.8 Å². The van der Waals surface area contributed by atoms with Crippen LogP contribution in [0.2, 0.25) is 0 Å². The predicted octanol–water partition coefficient (Wildman–Crippen LogP) is 6.72. The van der Waals surface area contributed by atoms with Gasteiger partial charge in [-0.3, -0.25) is 0 Å². The van der Waals surface area contributed by atoms with Crippen molar-refractivity contribution in [1.82, 2.24) is 0 Å². The molecule has 0 aliphatic heterocycles. The molecule has 0 spiro atoms. The fraction of sp³-hybridized carbons (Fsp3) is 0.700. The summed E-state index contributed by atoms with van der Waals surface area (Å²) in [4.78, 5) is 0. The van der Waals surface area contributed by atoms with E-state index in [1.807, 2.05) is 12.1 Å². The molecule has 2 heteroatoms. The van der Waals surface area contributed by atoms with Crippen molar-refractivity contribution in [3.63, 3.8) is 0 Å². The van der Waals surface area contributed by atoms with Crippen LogP contribution >= 0.6 is 0 Å². The summed E-state index contributed by atoms with van der Waals surface area (Å²) >= 11 is 0. The van der Waals surface area contributed by atoms with Gasteiger partial charge in [0.25, 0.3) is 6.43 Å². The molecular weight excluding hydrogens is 278 g/mol. The monoisotopic (exact) mass is 306 g/mol. The Balaban J connectivity index is 1.53. The van der Waals surface area contributed by atoms with E-state index in [2.05, 4.69) is 6.92 Å². The van der Waals surface area contributed by atoms with E-state index in [0.29, 0.717) is 5.92 Å². The molecular formula is C20H28F2. The van der Waals surface area contributed by atoms with Crippen LogP contribution in [-0.4, -0.2) is 0 Å². The Kier molecular flexibility index (Phi) is 5.15. The maximum absolute atomic E-state index is 12.6. The van der Waals surface area contributed by atoms with E-state index in [4.69, 9.17) is 0 Å². The number of hydrogen-bond donors (Lipinski definition) is 0. The molecule has 22 heavy (non-hydrogen) atoms. The zero-order valence-electron chi connectivity index (χ0n) is 13.6. The van der Waals surface area contributed by atoms with E-state index in [9.17, 15) is 8.78 Å². The number of alkyl halides is 2. The topological polar surface area (TPSA) is 0 Å². The van der Waals surface area contributed by atoms with E-state index in [1.165, 1.54) is 56.9 Å². The molecule has 3 rings (SSSR count). The molecule has 2 aliphatic rings. The first-order chi connectivity index (χ1) is 10.6. The molecule has 122 valence electrons. The van der Waals surface area contributed by atoms with Crippen LogP contribution in [0.25, 0.3) is 0 Å². The predicted molar refractivity (Wildman–Crippen MR) is 87.2 cm³/mol. The number of hydrogen-bond acceptors (Lipinski definition) is 0. The van der Waals surface area contributed by atoms with Gasteiger partial charge in [-0.15, -0.1) is 0 Å². The molecule has 0 amide bonds. The zero-order chi connectivity index (χ0) is 15.5. The largest absolute Gasteiger partial charge is 0.263 e. The van der Waals surface area contributed by atoms with Crippen LogP contribution in [0.3, 0.4) is 0 Å². The molecule has 2 saturated carbocycles. The zero-order valence-corrected chi connectivity index (χ0v) is 13.6.